The van der Waals surface area contributed by atoms with E-state index in [1.54, 1.807) is 39.8 Å². The van der Waals surface area contributed by atoms with E-state index < -0.39 is 54.3 Å². The molecule has 11 nitrogen and oxygen atoms in total. The van der Waals surface area contributed by atoms with Crippen molar-refractivity contribution in [2.75, 3.05) is 12.3 Å². The maximum absolute atomic E-state index is 12.5. The van der Waals surface area contributed by atoms with Crippen LogP contribution in [0.3, 0.4) is 0 Å². The Morgan fingerprint density at radius 2 is 1.94 bits per heavy atom. The van der Waals surface area contributed by atoms with Crippen LogP contribution in [-0.2, 0) is 29.4 Å². The Morgan fingerprint density at radius 1 is 1.29 bits per heavy atom. The summed E-state index contributed by atoms with van der Waals surface area (Å²) in [5, 5.41) is 24.3. The Kier molecular flexibility index (Phi) is 6.15. The van der Waals surface area contributed by atoms with Crippen LogP contribution in [0.4, 0.5) is 5.82 Å². The van der Waals surface area contributed by atoms with Crippen molar-refractivity contribution in [3.05, 3.63) is 24.2 Å². The van der Waals surface area contributed by atoms with Crippen LogP contribution < -0.4 is 5.73 Å². The van der Waals surface area contributed by atoms with Crippen LogP contribution in [0.1, 0.15) is 33.4 Å². The maximum atomic E-state index is 12.5. The van der Waals surface area contributed by atoms with Gasteiger partial charge in [-0.25, -0.2) is 9.50 Å². The van der Waals surface area contributed by atoms with Crippen LogP contribution in [0.2, 0.25) is 0 Å². The lowest BCUT2D eigenvalue weighted by molar-refractivity contribution is -0.173. The van der Waals surface area contributed by atoms with Crippen molar-refractivity contribution >= 4 is 23.3 Å². The van der Waals surface area contributed by atoms with Crippen molar-refractivity contribution in [2.24, 2.45) is 11.8 Å². The molecule has 0 saturated carbocycles. The lowest BCUT2D eigenvalue weighted by Crippen LogP contribution is -2.47. The topological polar surface area (TPSA) is 162 Å². The van der Waals surface area contributed by atoms with Crippen LogP contribution in [0.15, 0.2) is 18.5 Å². The molecule has 0 amide bonds. The Labute approximate surface area is 178 Å². The van der Waals surface area contributed by atoms with E-state index in [4.69, 9.17) is 19.9 Å². The Bertz CT molecular complexity index is 1030. The number of carbonyl (C=O) groups is 2. The molecule has 0 bridgehead atoms. The van der Waals surface area contributed by atoms with Gasteiger partial charge in [-0.05, 0) is 12.1 Å². The lowest BCUT2D eigenvalue weighted by Gasteiger charge is -2.29. The van der Waals surface area contributed by atoms with E-state index >= 15 is 0 Å². The molecule has 0 radical (unpaired) electrons. The molecule has 2 aromatic heterocycles. The number of ether oxygens (including phenoxy) is 3. The fraction of sp³-hybridized carbons (Fsp3) is 0.550. The van der Waals surface area contributed by atoms with Gasteiger partial charge in [-0.15, -0.1) is 0 Å². The second-order valence-corrected chi connectivity index (χ2v) is 7.92. The third kappa shape index (κ3) is 3.80. The average molecular weight is 431 g/mol. The number of aromatic nitrogens is 3. The predicted molar refractivity (Wildman–Crippen MR) is 106 cm³/mol. The maximum Gasteiger partial charge on any atom is 0.308 e. The monoisotopic (exact) mass is 431 g/mol. The standard InChI is InChI=1S/C20H25N5O6/c1-10(2)18(27)29-15-13(7-26)31-20(8-21,16(15)30-19(28)11(3)4)14-6-5-12-17(22)23-9-24-25(12)14/h5-6,9-11,13,15-16,26H,7H2,1-4H3,(H2,22,23,24)/t13-,15-,16-,20+/m1/s1. The van der Waals surface area contributed by atoms with Crippen molar-refractivity contribution in [3.8, 4) is 6.07 Å². The zero-order valence-corrected chi connectivity index (χ0v) is 17.7. The number of nitrogens with zero attached hydrogens (tertiary/aromatic N) is 4. The predicted octanol–water partition coefficient (Wildman–Crippen LogP) is 0.557. The number of fused-ring (bicyclic) bond motifs is 1. The van der Waals surface area contributed by atoms with Crippen molar-refractivity contribution in [1.29, 1.82) is 5.26 Å². The molecule has 0 aliphatic carbocycles. The van der Waals surface area contributed by atoms with E-state index in [1.165, 1.54) is 10.8 Å². The first-order valence-electron chi connectivity index (χ1n) is 9.85. The fourth-order valence-electron chi connectivity index (χ4n) is 3.35. The van der Waals surface area contributed by atoms with Gasteiger partial charge in [0.1, 0.15) is 24.0 Å². The molecule has 1 fully saturated rings. The summed E-state index contributed by atoms with van der Waals surface area (Å²) >= 11 is 0. The molecular weight excluding hydrogens is 406 g/mol. The van der Waals surface area contributed by atoms with Crippen molar-refractivity contribution < 1.29 is 28.9 Å². The zero-order chi connectivity index (χ0) is 22.9. The minimum atomic E-state index is -1.92. The van der Waals surface area contributed by atoms with Crippen LogP contribution in [0, 0.1) is 23.2 Å². The fourth-order valence-corrected chi connectivity index (χ4v) is 3.35. The second-order valence-electron chi connectivity index (χ2n) is 7.92. The van der Waals surface area contributed by atoms with Gasteiger partial charge in [-0.1, -0.05) is 27.7 Å². The molecule has 0 aromatic carbocycles. The number of carbonyl (C=O) groups excluding carboxylic acids is 2. The Hall–Kier alpha value is -3.23. The number of nitriles is 1. The van der Waals surface area contributed by atoms with E-state index in [0.717, 1.165) is 0 Å². The highest BCUT2D eigenvalue weighted by Gasteiger charge is 2.62. The van der Waals surface area contributed by atoms with Gasteiger partial charge in [0.2, 0.25) is 5.60 Å². The molecule has 4 atom stereocenters. The van der Waals surface area contributed by atoms with Crippen LogP contribution >= 0.6 is 0 Å². The zero-order valence-electron chi connectivity index (χ0n) is 17.7. The van der Waals surface area contributed by atoms with Gasteiger partial charge >= 0.3 is 11.9 Å². The molecule has 11 heteroatoms. The molecule has 2 aromatic rings. The third-order valence-corrected chi connectivity index (χ3v) is 5.05. The first-order valence-corrected chi connectivity index (χ1v) is 9.85. The van der Waals surface area contributed by atoms with Crippen LogP contribution in [0.25, 0.3) is 5.52 Å². The molecule has 31 heavy (non-hydrogen) atoms. The van der Waals surface area contributed by atoms with Gasteiger partial charge in [0, 0.05) is 0 Å². The highest BCUT2D eigenvalue weighted by molar-refractivity contribution is 5.73. The molecule has 1 aliphatic heterocycles. The normalized spacial score (nSPS) is 25.7. The molecule has 3 heterocycles. The van der Waals surface area contributed by atoms with Gasteiger partial charge in [0.05, 0.1) is 24.1 Å². The highest BCUT2D eigenvalue weighted by atomic mass is 16.6. The number of hydrogen-bond donors (Lipinski definition) is 2. The molecule has 3 N–H and O–H groups in total. The van der Waals surface area contributed by atoms with Gasteiger partial charge in [0.25, 0.3) is 0 Å². The summed E-state index contributed by atoms with van der Waals surface area (Å²) in [6.07, 6.45) is -2.48. The summed E-state index contributed by atoms with van der Waals surface area (Å²) in [6, 6.07) is 5.19. The minimum Gasteiger partial charge on any atom is -0.455 e. The second kappa shape index (κ2) is 8.49. The third-order valence-electron chi connectivity index (χ3n) is 5.05. The molecule has 0 spiro atoms. The number of aliphatic hydroxyl groups is 1. The smallest absolute Gasteiger partial charge is 0.308 e. The van der Waals surface area contributed by atoms with E-state index in [2.05, 4.69) is 16.2 Å². The quantitative estimate of drug-likeness (QED) is 0.618. The average Bonchev–Trinajstić information content (AvgIpc) is 3.29. The van der Waals surface area contributed by atoms with Crippen LogP contribution in [-0.4, -0.2) is 56.6 Å². The first kappa shape index (κ1) is 22.5. The number of esters is 2. The number of nitrogens with two attached hydrogens (primary N) is 1. The minimum absolute atomic E-state index is 0.171. The van der Waals surface area contributed by atoms with Gasteiger partial charge in [0.15, 0.2) is 18.0 Å². The summed E-state index contributed by atoms with van der Waals surface area (Å²) in [5.74, 6) is -2.04. The number of aliphatic hydroxyl groups excluding tert-OH is 1. The molecule has 1 aliphatic rings. The molecule has 3 rings (SSSR count). The molecular formula is C20H25N5O6. The number of nitrogen functional groups attached to an aromatic ring is 1. The van der Waals surface area contributed by atoms with Crippen molar-refractivity contribution in [3.63, 3.8) is 0 Å². The SMILES string of the molecule is CC(C)C(=O)O[C@H]1[C@@H](OC(=O)C(C)C)[C@](C#N)(c2ccc3c(N)ncnn23)O[C@@H]1CO. The van der Waals surface area contributed by atoms with E-state index in [-0.39, 0.29) is 11.5 Å². The van der Waals surface area contributed by atoms with E-state index in [0.29, 0.717) is 5.52 Å². The molecule has 166 valence electrons. The van der Waals surface area contributed by atoms with E-state index in [1.807, 2.05) is 0 Å². The van der Waals surface area contributed by atoms with Crippen molar-refractivity contribution in [1.82, 2.24) is 14.6 Å². The summed E-state index contributed by atoms with van der Waals surface area (Å²) in [4.78, 5) is 28.8. The Morgan fingerprint density at radius 3 is 2.52 bits per heavy atom. The summed E-state index contributed by atoms with van der Waals surface area (Å²) < 4.78 is 18.5. The van der Waals surface area contributed by atoms with E-state index in [9.17, 15) is 20.0 Å². The summed E-state index contributed by atoms with van der Waals surface area (Å²) in [6.45, 7) is 5.96. The molecule has 0 unspecified atom stereocenters. The highest BCUT2D eigenvalue weighted by Crippen LogP contribution is 2.43. The van der Waals surface area contributed by atoms with Crippen molar-refractivity contribution in [2.45, 2.75) is 51.6 Å². The Balaban J connectivity index is 2.17. The number of rotatable bonds is 6. The summed E-state index contributed by atoms with van der Waals surface area (Å²) in [5.41, 5.74) is 4.58. The summed E-state index contributed by atoms with van der Waals surface area (Å²) in [7, 11) is 0. The number of anilines is 1. The van der Waals surface area contributed by atoms with Gasteiger partial charge in [-0.2, -0.15) is 10.4 Å². The van der Waals surface area contributed by atoms with Gasteiger partial charge in [-0.3, -0.25) is 9.59 Å². The molecule has 1 saturated heterocycles. The largest absolute Gasteiger partial charge is 0.455 e. The lowest BCUT2D eigenvalue weighted by atomic mass is 9.92. The number of hydrogen-bond acceptors (Lipinski definition) is 10. The first-order chi connectivity index (χ1) is 14.7. The van der Waals surface area contributed by atoms with Crippen LogP contribution in [0.5, 0.6) is 0 Å². The van der Waals surface area contributed by atoms with Gasteiger partial charge < -0.3 is 25.1 Å².